The van der Waals surface area contributed by atoms with E-state index in [0.717, 1.165) is 12.8 Å². The molecule has 0 spiro atoms. The van der Waals surface area contributed by atoms with Gasteiger partial charge >= 0.3 is 6.01 Å². The normalized spacial score (nSPS) is 19.2. The van der Waals surface area contributed by atoms with Crippen LogP contribution in [0.2, 0.25) is 0 Å². The van der Waals surface area contributed by atoms with E-state index in [9.17, 15) is 4.79 Å². The molecule has 6 heteroatoms. The maximum absolute atomic E-state index is 11.7. The maximum atomic E-state index is 11.7. The zero-order valence-electron chi connectivity index (χ0n) is 9.49. The van der Waals surface area contributed by atoms with E-state index in [0.29, 0.717) is 18.2 Å². The van der Waals surface area contributed by atoms with Gasteiger partial charge in [-0.05, 0) is 26.2 Å². The molecule has 1 saturated carbocycles. The summed E-state index contributed by atoms with van der Waals surface area (Å²) >= 11 is 0. The molecule has 1 aromatic rings. The van der Waals surface area contributed by atoms with Gasteiger partial charge in [0, 0.05) is 5.92 Å². The van der Waals surface area contributed by atoms with Gasteiger partial charge in [0.15, 0.2) is 0 Å². The first-order valence-corrected chi connectivity index (χ1v) is 5.46. The number of hydrogen-bond donors (Lipinski definition) is 2. The summed E-state index contributed by atoms with van der Waals surface area (Å²) in [6.07, 6.45) is 2.71. The van der Waals surface area contributed by atoms with Crippen LogP contribution in [0.4, 0.5) is 6.01 Å². The van der Waals surface area contributed by atoms with Crippen LogP contribution in [0, 0.1) is 0 Å². The highest BCUT2D eigenvalue weighted by Crippen LogP contribution is 2.39. The molecular weight excluding hydrogens is 208 g/mol. The zero-order chi connectivity index (χ0) is 11.8. The van der Waals surface area contributed by atoms with Crippen molar-refractivity contribution in [2.24, 2.45) is 5.73 Å². The molecule has 0 radical (unpaired) electrons. The van der Waals surface area contributed by atoms with Crippen LogP contribution in [0.3, 0.4) is 0 Å². The zero-order valence-corrected chi connectivity index (χ0v) is 9.49. The minimum Gasteiger partial charge on any atom is -0.408 e. The minimum atomic E-state index is -0.909. The maximum Gasteiger partial charge on any atom is 0.322 e. The number of anilines is 1. The summed E-state index contributed by atoms with van der Waals surface area (Å²) in [4.78, 5) is 11.7. The van der Waals surface area contributed by atoms with Crippen molar-refractivity contribution in [1.82, 2.24) is 10.2 Å². The fourth-order valence-corrected chi connectivity index (χ4v) is 1.18. The van der Waals surface area contributed by atoms with Gasteiger partial charge in [-0.25, -0.2) is 0 Å². The summed E-state index contributed by atoms with van der Waals surface area (Å²) in [6.45, 7) is 3.52. The number of rotatable bonds is 4. The summed E-state index contributed by atoms with van der Waals surface area (Å²) in [5, 5.41) is 10.2. The lowest BCUT2D eigenvalue weighted by atomic mass is 10.00. The van der Waals surface area contributed by atoms with Crippen LogP contribution in [0.1, 0.15) is 44.9 Å². The minimum absolute atomic E-state index is 0.136. The Morgan fingerprint density at radius 1 is 1.62 bits per heavy atom. The second-order valence-electron chi connectivity index (χ2n) is 4.44. The van der Waals surface area contributed by atoms with Crippen molar-refractivity contribution >= 4 is 11.9 Å². The van der Waals surface area contributed by atoms with Gasteiger partial charge in [-0.3, -0.25) is 10.1 Å². The highest BCUT2D eigenvalue weighted by Gasteiger charge is 2.31. The van der Waals surface area contributed by atoms with Gasteiger partial charge in [-0.2, -0.15) is 0 Å². The quantitative estimate of drug-likeness (QED) is 0.796. The lowest BCUT2D eigenvalue weighted by molar-refractivity contribution is -0.120. The Labute approximate surface area is 93.6 Å². The van der Waals surface area contributed by atoms with Crippen LogP contribution in [-0.4, -0.2) is 21.6 Å². The lowest BCUT2D eigenvalue weighted by Gasteiger charge is -2.19. The molecule has 2 rings (SSSR count). The second kappa shape index (κ2) is 3.86. The van der Waals surface area contributed by atoms with Gasteiger partial charge in [-0.1, -0.05) is 12.0 Å². The highest BCUT2D eigenvalue weighted by molar-refractivity contribution is 5.95. The van der Waals surface area contributed by atoms with Gasteiger partial charge in [-0.15, -0.1) is 5.10 Å². The number of nitrogens with two attached hydrogens (primary N) is 1. The molecule has 0 aromatic carbocycles. The number of carbonyl (C=O) groups excluding carboxylic acids is 1. The molecule has 16 heavy (non-hydrogen) atoms. The number of nitrogens with one attached hydrogen (secondary N) is 1. The van der Waals surface area contributed by atoms with Gasteiger partial charge in [0.25, 0.3) is 0 Å². The molecule has 1 aromatic heterocycles. The largest absolute Gasteiger partial charge is 0.408 e. The van der Waals surface area contributed by atoms with Gasteiger partial charge in [0.05, 0.1) is 5.54 Å². The molecule has 1 heterocycles. The second-order valence-corrected chi connectivity index (χ2v) is 4.44. The standard InChI is InChI=1S/C10H16N4O2/c1-3-10(2,11)8(15)12-9-14-13-7(16-9)6-4-5-6/h6H,3-5,11H2,1-2H3,(H,12,14,15). The molecule has 3 N–H and O–H groups in total. The van der Waals surface area contributed by atoms with Crippen LogP contribution >= 0.6 is 0 Å². The van der Waals surface area contributed by atoms with E-state index in [1.807, 2.05) is 6.92 Å². The van der Waals surface area contributed by atoms with Crippen LogP contribution in [0.15, 0.2) is 4.42 Å². The topological polar surface area (TPSA) is 94.0 Å². The molecule has 1 amide bonds. The van der Waals surface area contributed by atoms with Crippen LogP contribution in [-0.2, 0) is 4.79 Å². The summed E-state index contributed by atoms with van der Waals surface area (Å²) in [5.74, 6) is 0.681. The third kappa shape index (κ3) is 2.21. The van der Waals surface area contributed by atoms with E-state index >= 15 is 0 Å². The number of nitrogens with zero attached hydrogens (tertiary/aromatic N) is 2. The first kappa shape index (κ1) is 11.1. The average molecular weight is 224 g/mol. The van der Waals surface area contributed by atoms with Crippen molar-refractivity contribution in [2.75, 3.05) is 5.32 Å². The van der Waals surface area contributed by atoms with E-state index in [1.54, 1.807) is 6.92 Å². The van der Waals surface area contributed by atoms with Crippen LogP contribution < -0.4 is 11.1 Å². The molecule has 1 unspecified atom stereocenters. The van der Waals surface area contributed by atoms with Crippen molar-refractivity contribution < 1.29 is 9.21 Å². The smallest absolute Gasteiger partial charge is 0.322 e. The van der Waals surface area contributed by atoms with E-state index in [2.05, 4.69) is 15.5 Å². The predicted molar refractivity (Wildman–Crippen MR) is 57.8 cm³/mol. The monoisotopic (exact) mass is 224 g/mol. The van der Waals surface area contributed by atoms with Gasteiger partial charge in [0.1, 0.15) is 0 Å². The number of aromatic nitrogens is 2. The summed E-state index contributed by atoms with van der Waals surface area (Å²) in [5.41, 5.74) is 4.88. The van der Waals surface area contributed by atoms with Crippen molar-refractivity contribution in [3.8, 4) is 0 Å². The number of amides is 1. The predicted octanol–water partition coefficient (Wildman–Crippen LogP) is 1.01. The molecule has 1 atom stereocenters. The van der Waals surface area contributed by atoms with Gasteiger partial charge in [0.2, 0.25) is 11.8 Å². The van der Waals surface area contributed by atoms with Gasteiger partial charge < -0.3 is 10.2 Å². The molecule has 0 saturated heterocycles. The van der Waals surface area contributed by atoms with Crippen molar-refractivity contribution in [2.45, 2.75) is 44.6 Å². The Kier molecular flexibility index (Phi) is 2.67. The Morgan fingerprint density at radius 2 is 2.31 bits per heavy atom. The van der Waals surface area contributed by atoms with Crippen LogP contribution in [0.25, 0.3) is 0 Å². The van der Waals surface area contributed by atoms with E-state index in [-0.39, 0.29) is 11.9 Å². The SMILES string of the molecule is CCC(C)(N)C(=O)Nc1nnc(C2CC2)o1. The summed E-state index contributed by atoms with van der Waals surface area (Å²) in [7, 11) is 0. The molecule has 88 valence electrons. The molecule has 1 aliphatic rings. The van der Waals surface area contributed by atoms with Crippen molar-refractivity contribution in [3.05, 3.63) is 5.89 Å². The Morgan fingerprint density at radius 3 is 2.88 bits per heavy atom. The highest BCUT2D eigenvalue weighted by atomic mass is 16.4. The first-order valence-electron chi connectivity index (χ1n) is 5.46. The summed E-state index contributed by atoms with van der Waals surface area (Å²) < 4.78 is 5.31. The molecule has 0 bridgehead atoms. The third-order valence-electron chi connectivity index (χ3n) is 2.84. The first-order chi connectivity index (χ1) is 7.53. The number of carbonyl (C=O) groups is 1. The third-order valence-corrected chi connectivity index (χ3v) is 2.84. The van der Waals surface area contributed by atoms with E-state index in [4.69, 9.17) is 10.2 Å². The molecule has 0 aliphatic heterocycles. The lowest BCUT2D eigenvalue weighted by Crippen LogP contribution is -2.47. The molecule has 6 nitrogen and oxygen atoms in total. The van der Waals surface area contributed by atoms with E-state index < -0.39 is 5.54 Å². The Bertz CT molecular complexity index is 395. The van der Waals surface area contributed by atoms with Crippen LogP contribution in [0.5, 0.6) is 0 Å². The Hall–Kier alpha value is -1.43. The van der Waals surface area contributed by atoms with Crippen molar-refractivity contribution in [1.29, 1.82) is 0 Å². The Balaban J connectivity index is 2.00. The fourth-order valence-electron chi connectivity index (χ4n) is 1.18. The summed E-state index contributed by atoms with van der Waals surface area (Å²) in [6, 6.07) is 0.136. The van der Waals surface area contributed by atoms with Crippen molar-refractivity contribution in [3.63, 3.8) is 0 Å². The fraction of sp³-hybridized carbons (Fsp3) is 0.700. The molecular formula is C10H16N4O2. The molecule has 1 aliphatic carbocycles. The van der Waals surface area contributed by atoms with E-state index in [1.165, 1.54) is 0 Å². The molecule has 1 fully saturated rings. The number of hydrogen-bond acceptors (Lipinski definition) is 5. The average Bonchev–Trinajstić information content (AvgIpc) is 3.00.